The van der Waals surface area contributed by atoms with Gasteiger partial charge >= 0.3 is 0 Å². The summed E-state index contributed by atoms with van der Waals surface area (Å²) in [5, 5.41) is 12.7. The molecular formula is C16H22N8O. The quantitative estimate of drug-likeness (QED) is 0.700. The Bertz CT molecular complexity index is 862. The molecule has 0 N–H and O–H groups in total. The lowest BCUT2D eigenvalue weighted by Gasteiger charge is -2.34. The highest BCUT2D eigenvalue weighted by atomic mass is 16.4. The Morgan fingerprint density at radius 3 is 2.64 bits per heavy atom. The molecule has 4 heterocycles. The fourth-order valence-electron chi connectivity index (χ4n) is 3.01. The molecule has 9 heteroatoms. The maximum Gasteiger partial charge on any atom is 0.230 e. The van der Waals surface area contributed by atoms with Gasteiger partial charge < -0.3 is 9.32 Å². The van der Waals surface area contributed by atoms with E-state index in [2.05, 4.69) is 48.9 Å². The average Bonchev–Trinajstić information content (AvgIpc) is 3.21. The van der Waals surface area contributed by atoms with E-state index in [4.69, 9.17) is 4.42 Å². The Balaban J connectivity index is 1.42. The van der Waals surface area contributed by atoms with E-state index in [9.17, 15) is 0 Å². The standard InChI is InChI=1S/C16H22N8O/c1-11(2)16-20-19-14(25-16)10-22-4-6-23(7-5-22)15-9-17-8-13-18-12(3)21-24(13)15/h8-9,11H,4-7,10H2,1-3H3. The summed E-state index contributed by atoms with van der Waals surface area (Å²) in [4.78, 5) is 13.3. The van der Waals surface area contributed by atoms with E-state index in [0.717, 1.165) is 43.5 Å². The second-order valence-electron chi connectivity index (χ2n) is 6.65. The van der Waals surface area contributed by atoms with Crippen molar-refractivity contribution in [2.75, 3.05) is 31.1 Å². The van der Waals surface area contributed by atoms with Gasteiger partial charge in [-0.05, 0) is 6.92 Å². The van der Waals surface area contributed by atoms with Gasteiger partial charge in [0.2, 0.25) is 11.8 Å². The summed E-state index contributed by atoms with van der Waals surface area (Å²) in [5.41, 5.74) is 0.782. The van der Waals surface area contributed by atoms with Crippen molar-refractivity contribution in [2.24, 2.45) is 0 Å². The minimum absolute atomic E-state index is 0.261. The molecule has 0 spiro atoms. The smallest absolute Gasteiger partial charge is 0.230 e. The van der Waals surface area contributed by atoms with Gasteiger partial charge in [-0.3, -0.25) is 9.88 Å². The van der Waals surface area contributed by atoms with Gasteiger partial charge in [0.25, 0.3) is 0 Å². The third kappa shape index (κ3) is 3.19. The molecule has 0 atom stereocenters. The summed E-state index contributed by atoms with van der Waals surface area (Å²) in [5.74, 6) is 3.39. The summed E-state index contributed by atoms with van der Waals surface area (Å²) < 4.78 is 7.58. The van der Waals surface area contributed by atoms with Gasteiger partial charge in [-0.1, -0.05) is 13.8 Å². The number of anilines is 1. The van der Waals surface area contributed by atoms with Crippen LogP contribution in [0.25, 0.3) is 5.65 Å². The molecule has 132 valence electrons. The Kier molecular flexibility index (Phi) is 4.08. The normalized spacial score (nSPS) is 16.2. The molecule has 1 aliphatic heterocycles. The van der Waals surface area contributed by atoms with Crippen molar-refractivity contribution in [3.63, 3.8) is 0 Å². The molecular weight excluding hydrogens is 320 g/mol. The first-order chi connectivity index (χ1) is 12.1. The van der Waals surface area contributed by atoms with Crippen LogP contribution in [0.2, 0.25) is 0 Å². The van der Waals surface area contributed by atoms with Crippen LogP contribution in [0.15, 0.2) is 16.8 Å². The van der Waals surface area contributed by atoms with Crippen molar-refractivity contribution >= 4 is 11.5 Å². The molecule has 0 aromatic carbocycles. The summed E-state index contributed by atoms with van der Waals surface area (Å²) in [6, 6.07) is 0. The summed E-state index contributed by atoms with van der Waals surface area (Å²) in [6.07, 6.45) is 3.59. The molecule has 0 radical (unpaired) electrons. The van der Waals surface area contributed by atoms with E-state index in [0.29, 0.717) is 18.3 Å². The van der Waals surface area contributed by atoms with E-state index < -0.39 is 0 Å². The first-order valence-electron chi connectivity index (χ1n) is 8.57. The first kappa shape index (κ1) is 15.9. The summed E-state index contributed by atoms with van der Waals surface area (Å²) >= 11 is 0. The van der Waals surface area contributed by atoms with E-state index >= 15 is 0 Å². The van der Waals surface area contributed by atoms with E-state index in [1.165, 1.54) is 0 Å². The number of hydrogen-bond acceptors (Lipinski definition) is 8. The SMILES string of the molecule is Cc1nc2cncc(N3CCN(Cc4nnc(C(C)C)o4)CC3)n2n1. The molecule has 25 heavy (non-hydrogen) atoms. The van der Waals surface area contributed by atoms with Crippen LogP contribution >= 0.6 is 0 Å². The molecule has 3 aromatic rings. The highest BCUT2D eigenvalue weighted by Gasteiger charge is 2.22. The van der Waals surface area contributed by atoms with E-state index in [1.54, 1.807) is 6.20 Å². The van der Waals surface area contributed by atoms with Crippen molar-refractivity contribution in [2.45, 2.75) is 33.2 Å². The van der Waals surface area contributed by atoms with Crippen LogP contribution < -0.4 is 4.90 Å². The van der Waals surface area contributed by atoms with Gasteiger partial charge in [0.1, 0.15) is 5.82 Å². The minimum atomic E-state index is 0.261. The predicted octanol–water partition coefficient (Wildman–Crippen LogP) is 1.26. The van der Waals surface area contributed by atoms with Crippen molar-refractivity contribution in [3.8, 4) is 0 Å². The Labute approximate surface area is 145 Å². The molecule has 0 unspecified atom stereocenters. The second-order valence-corrected chi connectivity index (χ2v) is 6.65. The molecule has 9 nitrogen and oxygen atoms in total. The monoisotopic (exact) mass is 342 g/mol. The number of hydrogen-bond donors (Lipinski definition) is 0. The molecule has 4 rings (SSSR count). The van der Waals surface area contributed by atoms with Crippen LogP contribution in [0.5, 0.6) is 0 Å². The third-order valence-corrected chi connectivity index (χ3v) is 4.37. The molecule has 0 aliphatic carbocycles. The number of rotatable bonds is 4. The van der Waals surface area contributed by atoms with Crippen LogP contribution in [0, 0.1) is 6.92 Å². The van der Waals surface area contributed by atoms with E-state index in [1.807, 2.05) is 17.6 Å². The van der Waals surface area contributed by atoms with Crippen molar-refractivity contribution in [1.82, 2.24) is 34.7 Å². The largest absolute Gasteiger partial charge is 0.424 e. The van der Waals surface area contributed by atoms with Gasteiger partial charge in [0.05, 0.1) is 18.9 Å². The summed E-state index contributed by atoms with van der Waals surface area (Å²) in [6.45, 7) is 10.3. The zero-order chi connectivity index (χ0) is 17.4. The first-order valence-corrected chi connectivity index (χ1v) is 8.57. The Morgan fingerprint density at radius 1 is 1.12 bits per heavy atom. The molecule has 0 saturated carbocycles. The van der Waals surface area contributed by atoms with Crippen molar-refractivity contribution in [1.29, 1.82) is 0 Å². The number of aryl methyl sites for hydroxylation is 1. The maximum absolute atomic E-state index is 5.71. The Morgan fingerprint density at radius 2 is 1.92 bits per heavy atom. The number of aromatic nitrogens is 6. The zero-order valence-electron chi connectivity index (χ0n) is 14.8. The number of fused-ring (bicyclic) bond motifs is 1. The lowest BCUT2D eigenvalue weighted by Crippen LogP contribution is -2.46. The maximum atomic E-state index is 5.71. The van der Waals surface area contributed by atoms with Crippen LogP contribution in [-0.4, -0.2) is 60.9 Å². The number of piperazine rings is 1. The minimum Gasteiger partial charge on any atom is -0.424 e. The topological polar surface area (TPSA) is 88.5 Å². The summed E-state index contributed by atoms with van der Waals surface area (Å²) in [7, 11) is 0. The zero-order valence-corrected chi connectivity index (χ0v) is 14.8. The van der Waals surface area contributed by atoms with Gasteiger partial charge in [-0.2, -0.15) is 4.52 Å². The van der Waals surface area contributed by atoms with E-state index in [-0.39, 0.29) is 5.92 Å². The highest BCUT2D eigenvalue weighted by molar-refractivity contribution is 5.47. The lowest BCUT2D eigenvalue weighted by molar-refractivity contribution is 0.222. The van der Waals surface area contributed by atoms with Crippen LogP contribution in [0.4, 0.5) is 5.82 Å². The average molecular weight is 342 g/mol. The van der Waals surface area contributed by atoms with Gasteiger partial charge in [-0.15, -0.1) is 15.3 Å². The predicted molar refractivity (Wildman–Crippen MR) is 91.4 cm³/mol. The third-order valence-electron chi connectivity index (χ3n) is 4.37. The molecule has 0 amide bonds. The highest BCUT2D eigenvalue weighted by Crippen LogP contribution is 2.18. The Hall–Kier alpha value is -2.55. The lowest BCUT2D eigenvalue weighted by atomic mass is 10.2. The molecule has 1 aliphatic rings. The van der Waals surface area contributed by atoms with Crippen LogP contribution in [0.3, 0.4) is 0 Å². The van der Waals surface area contributed by atoms with Gasteiger partial charge in [-0.25, -0.2) is 4.98 Å². The molecule has 1 fully saturated rings. The van der Waals surface area contributed by atoms with Crippen LogP contribution in [-0.2, 0) is 6.54 Å². The van der Waals surface area contributed by atoms with Gasteiger partial charge in [0.15, 0.2) is 11.5 Å². The van der Waals surface area contributed by atoms with Crippen molar-refractivity contribution < 1.29 is 4.42 Å². The molecule has 1 saturated heterocycles. The fourth-order valence-corrected chi connectivity index (χ4v) is 3.01. The van der Waals surface area contributed by atoms with Crippen LogP contribution in [0.1, 0.15) is 37.4 Å². The second kappa shape index (κ2) is 6.40. The van der Waals surface area contributed by atoms with Gasteiger partial charge in [0, 0.05) is 32.1 Å². The molecule has 0 bridgehead atoms. The van der Waals surface area contributed by atoms with Crippen molar-refractivity contribution in [3.05, 3.63) is 30.0 Å². The fraction of sp³-hybridized carbons (Fsp3) is 0.562. The molecule has 3 aromatic heterocycles. The number of nitrogens with zero attached hydrogens (tertiary/aromatic N) is 8.